The number of benzene rings is 2. The van der Waals surface area contributed by atoms with Gasteiger partial charge in [0.1, 0.15) is 11.6 Å². The van der Waals surface area contributed by atoms with Crippen molar-refractivity contribution in [1.82, 2.24) is 19.7 Å². The summed E-state index contributed by atoms with van der Waals surface area (Å²) in [6, 6.07) is 14.9. The molecule has 7 nitrogen and oxygen atoms in total. The minimum Gasteiger partial charge on any atom is -0.497 e. The molecule has 0 unspecified atom stereocenters. The number of halogens is 1. The fourth-order valence-corrected chi connectivity index (χ4v) is 5.00. The molecule has 2 fully saturated rings. The molecule has 1 aromatic heterocycles. The van der Waals surface area contributed by atoms with Gasteiger partial charge >= 0.3 is 0 Å². The fourth-order valence-electron chi connectivity index (χ4n) is 4.09. The van der Waals surface area contributed by atoms with E-state index in [0.29, 0.717) is 35.4 Å². The molecular weight excluding hydrogens is 441 g/mol. The molecule has 172 valence electrons. The first-order valence-corrected chi connectivity index (χ1v) is 12.1. The molecule has 2 heterocycles. The normalized spacial score (nSPS) is 16.2. The Bertz CT molecular complexity index is 1120. The Morgan fingerprint density at radius 3 is 2.45 bits per heavy atom. The van der Waals surface area contributed by atoms with Crippen LogP contribution in [0.25, 0.3) is 11.4 Å². The van der Waals surface area contributed by atoms with Crippen molar-refractivity contribution in [3.8, 4) is 17.1 Å². The largest absolute Gasteiger partial charge is 0.497 e. The Morgan fingerprint density at radius 1 is 1.06 bits per heavy atom. The number of anilines is 1. The smallest absolute Gasteiger partial charge is 0.233 e. The number of rotatable bonds is 7. The van der Waals surface area contributed by atoms with Crippen molar-refractivity contribution >= 4 is 23.4 Å². The Hall–Kier alpha value is -3.07. The standard InChI is InChI=1S/C24H26FN5O2S/c1-32-19-10-8-17(9-11-19)28-12-14-29(15-13-28)22(31)16-33-24-27-26-23(30(24)18-6-7-18)20-4-2-3-5-21(20)25/h2-5,8-11,18H,6-7,12-16H2,1H3. The van der Waals surface area contributed by atoms with Gasteiger partial charge in [0.15, 0.2) is 11.0 Å². The number of hydrogen-bond acceptors (Lipinski definition) is 6. The third-order valence-electron chi connectivity index (χ3n) is 6.09. The van der Waals surface area contributed by atoms with Crippen LogP contribution in [0.4, 0.5) is 10.1 Å². The van der Waals surface area contributed by atoms with Crippen molar-refractivity contribution in [2.24, 2.45) is 0 Å². The lowest BCUT2D eigenvalue weighted by atomic mass is 10.2. The van der Waals surface area contributed by atoms with Gasteiger partial charge in [-0.3, -0.25) is 9.36 Å². The third kappa shape index (κ3) is 4.68. The first kappa shape index (κ1) is 21.8. The van der Waals surface area contributed by atoms with Crippen LogP contribution in [-0.4, -0.2) is 64.6 Å². The van der Waals surface area contributed by atoms with E-state index in [1.165, 1.54) is 17.8 Å². The lowest BCUT2D eigenvalue weighted by Gasteiger charge is -2.36. The summed E-state index contributed by atoms with van der Waals surface area (Å²) in [5, 5.41) is 9.25. The monoisotopic (exact) mass is 467 g/mol. The van der Waals surface area contributed by atoms with Crippen LogP contribution in [0.3, 0.4) is 0 Å². The van der Waals surface area contributed by atoms with Crippen LogP contribution in [0.1, 0.15) is 18.9 Å². The number of nitrogens with zero attached hydrogens (tertiary/aromatic N) is 5. The van der Waals surface area contributed by atoms with Crippen LogP contribution < -0.4 is 9.64 Å². The van der Waals surface area contributed by atoms with Gasteiger partial charge in [0.05, 0.1) is 18.4 Å². The number of ether oxygens (including phenoxy) is 1. The molecule has 9 heteroatoms. The summed E-state index contributed by atoms with van der Waals surface area (Å²) in [6.07, 6.45) is 2.04. The van der Waals surface area contributed by atoms with Crippen molar-refractivity contribution in [2.45, 2.75) is 24.0 Å². The zero-order valence-corrected chi connectivity index (χ0v) is 19.3. The van der Waals surface area contributed by atoms with E-state index in [-0.39, 0.29) is 17.8 Å². The molecular formula is C24H26FN5O2S. The summed E-state index contributed by atoms with van der Waals surface area (Å²) >= 11 is 1.39. The van der Waals surface area contributed by atoms with E-state index in [9.17, 15) is 9.18 Å². The highest BCUT2D eigenvalue weighted by Gasteiger charge is 2.31. The third-order valence-corrected chi connectivity index (χ3v) is 7.01. The van der Waals surface area contributed by atoms with Crippen molar-refractivity contribution in [3.63, 3.8) is 0 Å². The second-order valence-electron chi connectivity index (χ2n) is 8.24. The van der Waals surface area contributed by atoms with Gasteiger partial charge in [0.25, 0.3) is 0 Å². The maximum atomic E-state index is 14.3. The zero-order chi connectivity index (χ0) is 22.8. The first-order chi connectivity index (χ1) is 16.1. The summed E-state index contributed by atoms with van der Waals surface area (Å²) in [7, 11) is 1.66. The quantitative estimate of drug-likeness (QED) is 0.492. The summed E-state index contributed by atoms with van der Waals surface area (Å²) in [4.78, 5) is 17.1. The lowest BCUT2D eigenvalue weighted by molar-refractivity contribution is -0.128. The molecule has 0 radical (unpaired) electrons. The Balaban J connectivity index is 1.20. The number of amides is 1. The van der Waals surface area contributed by atoms with Crippen molar-refractivity contribution in [2.75, 3.05) is 43.9 Å². The first-order valence-electron chi connectivity index (χ1n) is 11.1. The van der Waals surface area contributed by atoms with Gasteiger partial charge in [-0.25, -0.2) is 4.39 Å². The maximum Gasteiger partial charge on any atom is 0.233 e. The number of hydrogen-bond donors (Lipinski definition) is 0. The molecule has 2 aliphatic rings. The highest BCUT2D eigenvalue weighted by Crippen LogP contribution is 2.41. The number of carbonyl (C=O) groups excluding carboxylic acids is 1. The molecule has 1 saturated carbocycles. The predicted octanol–water partition coefficient (Wildman–Crippen LogP) is 3.87. The molecule has 0 atom stereocenters. The Morgan fingerprint density at radius 2 is 1.79 bits per heavy atom. The van der Waals surface area contributed by atoms with E-state index in [4.69, 9.17) is 4.74 Å². The topological polar surface area (TPSA) is 63.5 Å². The van der Waals surface area contributed by atoms with Gasteiger partial charge in [-0.1, -0.05) is 23.9 Å². The van der Waals surface area contributed by atoms with E-state index in [1.807, 2.05) is 33.7 Å². The van der Waals surface area contributed by atoms with E-state index >= 15 is 0 Å². The highest BCUT2D eigenvalue weighted by atomic mass is 32.2. The average Bonchev–Trinajstić information content (AvgIpc) is 3.62. The highest BCUT2D eigenvalue weighted by molar-refractivity contribution is 7.99. The molecule has 0 N–H and O–H groups in total. The minimum atomic E-state index is -0.311. The van der Waals surface area contributed by atoms with Gasteiger partial charge in [-0.15, -0.1) is 10.2 Å². The number of piperazine rings is 1. The maximum absolute atomic E-state index is 14.3. The van der Waals surface area contributed by atoms with Crippen LogP contribution >= 0.6 is 11.8 Å². The van der Waals surface area contributed by atoms with E-state index in [1.54, 1.807) is 25.3 Å². The fraction of sp³-hybridized carbons (Fsp3) is 0.375. The summed E-state index contributed by atoms with van der Waals surface area (Å²) < 4.78 is 21.6. The summed E-state index contributed by atoms with van der Waals surface area (Å²) in [5.41, 5.74) is 1.58. The van der Waals surface area contributed by atoms with Gasteiger partial charge in [0, 0.05) is 37.9 Å². The molecule has 1 amide bonds. The average molecular weight is 468 g/mol. The molecule has 0 bridgehead atoms. The number of aromatic nitrogens is 3. The summed E-state index contributed by atoms with van der Waals surface area (Å²) in [5.74, 6) is 1.45. The molecule has 1 aliphatic carbocycles. The van der Waals surface area contributed by atoms with Gasteiger partial charge in [0.2, 0.25) is 5.91 Å². The second kappa shape index (κ2) is 9.43. The molecule has 1 aliphatic heterocycles. The van der Waals surface area contributed by atoms with E-state index in [0.717, 1.165) is 37.4 Å². The zero-order valence-electron chi connectivity index (χ0n) is 18.5. The van der Waals surface area contributed by atoms with Crippen molar-refractivity contribution in [3.05, 3.63) is 54.3 Å². The van der Waals surface area contributed by atoms with E-state index in [2.05, 4.69) is 15.1 Å². The Kier molecular flexibility index (Phi) is 6.22. The lowest BCUT2D eigenvalue weighted by Crippen LogP contribution is -2.49. The van der Waals surface area contributed by atoms with Crippen LogP contribution in [-0.2, 0) is 4.79 Å². The van der Waals surface area contributed by atoms with Crippen LogP contribution in [0.5, 0.6) is 5.75 Å². The SMILES string of the molecule is COc1ccc(N2CCN(C(=O)CSc3nnc(-c4ccccc4F)n3C3CC3)CC2)cc1. The molecule has 5 rings (SSSR count). The Labute approximate surface area is 196 Å². The van der Waals surface area contributed by atoms with Gasteiger partial charge in [-0.05, 0) is 49.2 Å². The van der Waals surface area contributed by atoms with Crippen molar-refractivity contribution in [1.29, 1.82) is 0 Å². The van der Waals surface area contributed by atoms with Crippen LogP contribution in [0, 0.1) is 5.82 Å². The van der Waals surface area contributed by atoms with Crippen LogP contribution in [0.2, 0.25) is 0 Å². The van der Waals surface area contributed by atoms with Gasteiger partial charge in [-0.2, -0.15) is 0 Å². The second-order valence-corrected chi connectivity index (χ2v) is 9.18. The van der Waals surface area contributed by atoms with Gasteiger partial charge < -0.3 is 14.5 Å². The number of carbonyl (C=O) groups is 1. The van der Waals surface area contributed by atoms with Crippen molar-refractivity contribution < 1.29 is 13.9 Å². The number of methoxy groups -OCH3 is 1. The number of thioether (sulfide) groups is 1. The predicted molar refractivity (Wildman–Crippen MR) is 126 cm³/mol. The summed E-state index contributed by atoms with van der Waals surface area (Å²) in [6.45, 7) is 2.94. The molecule has 2 aromatic carbocycles. The molecule has 3 aromatic rings. The minimum absolute atomic E-state index is 0.0900. The molecule has 1 saturated heterocycles. The molecule has 33 heavy (non-hydrogen) atoms. The molecule has 0 spiro atoms. The van der Waals surface area contributed by atoms with E-state index < -0.39 is 0 Å². The van der Waals surface area contributed by atoms with Crippen LogP contribution in [0.15, 0.2) is 53.7 Å².